The first kappa shape index (κ1) is 8.55. The summed E-state index contributed by atoms with van der Waals surface area (Å²) in [4.78, 5) is 13.6. The van der Waals surface area contributed by atoms with Gasteiger partial charge in [0.15, 0.2) is 0 Å². The molecule has 2 aliphatic rings. The minimum Gasteiger partial charge on any atom is -0.341 e. The normalized spacial score (nSPS) is 24.3. The summed E-state index contributed by atoms with van der Waals surface area (Å²) < 4.78 is 0. The zero-order valence-corrected chi connectivity index (χ0v) is 7.92. The summed E-state index contributed by atoms with van der Waals surface area (Å²) in [5.41, 5.74) is -0.621. The first-order valence-corrected chi connectivity index (χ1v) is 4.88. The fourth-order valence-corrected chi connectivity index (χ4v) is 1.78. The molecule has 3 nitrogen and oxygen atoms in total. The molecule has 0 heterocycles. The van der Waals surface area contributed by atoms with Crippen LogP contribution in [0.5, 0.6) is 0 Å². The van der Waals surface area contributed by atoms with Gasteiger partial charge in [-0.05, 0) is 32.1 Å². The molecule has 0 aliphatic heterocycles. The van der Waals surface area contributed by atoms with Crippen molar-refractivity contribution >= 4 is 5.91 Å². The second-order valence-corrected chi connectivity index (χ2v) is 4.19. The lowest BCUT2D eigenvalue weighted by molar-refractivity contribution is -0.137. The van der Waals surface area contributed by atoms with Crippen LogP contribution < -0.4 is 0 Å². The van der Waals surface area contributed by atoms with E-state index in [1.165, 1.54) is 6.42 Å². The molecule has 2 aliphatic carbocycles. The number of nitriles is 1. The molecular formula is C10H14N2O. The first-order chi connectivity index (χ1) is 6.19. The highest BCUT2D eigenvalue weighted by atomic mass is 16.2. The molecule has 0 radical (unpaired) electrons. The van der Waals surface area contributed by atoms with Crippen LogP contribution in [0.4, 0.5) is 0 Å². The van der Waals surface area contributed by atoms with Gasteiger partial charge in [-0.1, -0.05) is 0 Å². The van der Waals surface area contributed by atoms with E-state index in [9.17, 15) is 4.79 Å². The quantitative estimate of drug-likeness (QED) is 0.639. The number of nitrogens with zero attached hydrogens (tertiary/aromatic N) is 2. The second kappa shape index (κ2) is 2.73. The van der Waals surface area contributed by atoms with E-state index < -0.39 is 5.41 Å². The van der Waals surface area contributed by atoms with Gasteiger partial charge in [0.25, 0.3) is 0 Å². The molecule has 0 saturated heterocycles. The monoisotopic (exact) mass is 178 g/mol. The molecule has 0 aromatic rings. The highest BCUT2D eigenvalue weighted by Gasteiger charge is 2.53. The van der Waals surface area contributed by atoms with Crippen LogP contribution in [0.1, 0.15) is 32.1 Å². The summed E-state index contributed by atoms with van der Waals surface area (Å²) in [6.45, 7) is 0. The molecule has 0 spiro atoms. The number of rotatable bonds is 2. The molecule has 2 fully saturated rings. The highest BCUT2D eigenvalue weighted by Crippen LogP contribution is 2.47. The number of amides is 1. The minimum atomic E-state index is -0.621. The van der Waals surface area contributed by atoms with Gasteiger partial charge in [-0.15, -0.1) is 0 Å². The fraction of sp³-hybridized carbons (Fsp3) is 0.800. The average molecular weight is 178 g/mol. The molecule has 70 valence electrons. The van der Waals surface area contributed by atoms with E-state index >= 15 is 0 Å². The molecule has 0 atom stereocenters. The smallest absolute Gasteiger partial charge is 0.243 e. The van der Waals surface area contributed by atoms with Crippen molar-refractivity contribution in [2.24, 2.45) is 5.41 Å². The number of hydrogen-bond acceptors (Lipinski definition) is 2. The Kier molecular flexibility index (Phi) is 1.80. The van der Waals surface area contributed by atoms with Crippen molar-refractivity contribution in [2.75, 3.05) is 7.05 Å². The van der Waals surface area contributed by atoms with Gasteiger partial charge in [0.2, 0.25) is 5.91 Å². The molecule has 3 heteroatoms. The molecule has 0 aromatic carbocycles. The molecule has 0 unspecified atom stereocenters. The van der Waals surface area contributed by atoms with E-state index in [1.807, 2.05) is 7.05 Å². The number of carbonyl (C=O) groups excluding carboxylic acids is 1. The first-order valence-electron chi connectivity index (χ1n) is 4.88. The third kappa shape index (κ3) is 1.21. The zero-order valence-electron chi connectivity index (χ0n) is 7.92. The van der Waals surface area contributed by atoms with Crippen molar-refractivity contribution < 1.29 is 4.79 Å². The summed E-state index contributed by atoms with van der Waals surface area (Å²) in [5, 5.41) is 8.85. The Morgan fingerprint density at radius 3 is 2.46 bits per heavy atom. The van der Waals surface area contributed by atoms with Gasteiger partial charge in [-0.2, -0.15) is 5.26 Å². The Morgan fingerprint density at radius 1 is 1.54 bits per heavy atom. The molecular weight excluding hydrogens is 164 g/mol. The molecule has 0 N–H and O–H groups in total. The van der Waals surface area contributed by atoms with E-state index in [-0.39, 0.29) is 5.91 Å². The molecule has 13 heavy (non-hydrogen) atoms. The van der Waals surface area contributed by atoms with Crippen LogP contribution >= 0.6 is 0 Å². The van der Waals surface area contributed by atoms with E-state index in [1.54, 1.807) is 4.90 Å². The number of hydrogen-bond donors (Lipinski definition) is 0. The standard InChI is InChI=1S/C10H14N2O/c1-12(8-3-2-4-8)9(13)10(7-11)5-6-10/h8H,2-6H2,1H3. The predicted molar refractivity (Wildman–Crippen MR) is 47.7 cm³/mol. The lowest BCUT2D eigenvalue weighted by atomic mass is 9.90. The maximum absolute atomic E-state index is 11.8. The predicted octanol–water partition coefficient (Wildman–Crippen LogP) is 1.30. The minimum absolute atomic E-state index is 0.0553. The van der Waals surface area contributed by atoms with Crippen molar-refractivity contribution in [2.45, 2.75) is 38.1 Å². The third-order valence-corrected chi connectivity index (χ3v) is 3.32. The molecule has 0 bridgehead atoms. The summed E-state index contributed by atoms with van der Waals surface area (Å²) in [5.74, 6) is 0.0553. The topological polar surface area (TPSA) is 44.1 Å². The highest BCUT2D eigenvalue weighted by molar-refractivity contribution is 5.88. The van der Waals surface area contributed by atoms with Gasteiger partial charge < -0.3 is 4.90 Å². The number of carbonyl (C=O) groups is 1. The summed E-state index contributed by atoms with van der Waals surface area (Å²) in [7, 11) is 1.84. The average Bonchev–Trinajstić information content (AvgIpc) is 2.80. The van der Waals surface area contributed by atoms with Crippen LogP contribution in [0.15, 0.2) is 0 Å². The summed E-state index contributed by atoms with van der Waals surface area (Å²) in [6, 6.07) is 2.56. The van der Waals surface area contributed by atoms with Gasteiger partial charge in [0.1, 0.15) is 5.41 Å². The molecule has 2 rings (SSSR count). The maximum atomic E-state index is 11.8. The van der Waals surface area contributed by atoms with Crippen molar-refractivity contribution in [1.82, 2.24) is 4.90 Å². The van der Waals surface area contributed by atoms with Gasteiger partial charge in [0, 0.05) is 13.1 Å². The van der Waals surface area contributed by atoms with Crippen molar-refractivity contribution in [3.05, 3.63) is 0 Å². The molecule has 0 aromatic heterocycles. The van der Waals surface area contributed by atoms with E-state index in [4.69, 9.17) is 5.26 Å². The molecule has 2 saturated carbocycles. The van der Waals surface area contributed by atoms with E-state index in [2.05, 4.69) is 6.07 Å². The van der Waals surface area contributed by atoms with Crippen LogP contribution in [-0.4, -0.2) is 23.9 Å². The third-order valence-electron chi connectivity index (χ3n) is 3.32. The maximum Gasteiger partial charge on any atom is 0.243 e. The SMILES string of the molecule is CN(C(=O)C1(C#N)CC1)C1CCC1. The zero-order chi connectivity index (χ0) is 9.47. The van der Waals surface area contributed by atoms with Crippen molar-refractivity contribution in [3.8, 4) is 6.07 Å². The van der Waals surface area contributed by atoms with Crippen molar-refractivity contribution in [3.63, 3.8) is 0 Å². The van der Waals surface area contributed by atoms with Crippen LogP contribution in [-0.2, 0) is 4.79 Å². The Bertz CT molecular complexity index is 271. The van der Waals surface area contributed by atoms with Crippen molar-refractivity contribution in [1.29, 1.82) is 5.26 Å². The largest absolute Gasteiger partial charge is 0.341 e. The fourth-order valence-electron chi connectivity index (χ4n) is 1.78. The van der Waals surface area contributed by atoms with Crippen LogP contribution in [0.25, 0.3) is 0 Å². The van der Waals surface area contributed by atoms with Crippen LogP contribution in [0.2, 0.25) is 0 Å². The van der Waals surface area contributed by atoms with E-state index in [0.717, 1.165) is 25.7 Å². The van der Waals surface area contributed by atoms with Gasteiger partial charge in [-0.25, -0.2) is 0 Å². The summed E-state index contributed by atoms with van der Waals surface area (Å²) >= 11 is 0. The van der Waals surface area contributed by atoms with Crippen LogP contribution in [0, 0.1) is 16.7 Å². The molecule has 1 amide bonds. The Hall–Kier alpha value is -1.04. The Balaban J connectivity index is 2.00. The summed E-state index contributed by atoms with van der Waals surface area (Å²) in [6.07, 6.45) is 4.98. The van der Waals surface area contributed by atoms with Crippen LogP contribution in [0.3, 0.4) is 0 Å². The second-order valence-electron chi connectivity index (χ2n) is 4.19. The lowest BCUT2D eigenvalue weighted by Gasteiger charge is -2.35. The van der Waals surface area contributed by atoms with Gasteiger partial charge in [0.05, 0.1) is 6.07 Å². The van der Waals surface area contributed by atoms with Gasteiger partial charge >= 0.3 is 0 Å². The Labute approximate surface area is 78.3 Å². The van der Waals surface area contributed by atoms with Gasteiger partial charge in [-0.3, -0.25) is 4.79 Å². The lowest BCUT2D eigenvalue weighted by Crippen LogP contribution is -2.44. The Morgan fingerprint density at radius 2 is 2.15 bits per heavy atom. The van der Waals surface area contributed by atoms with E-state index in [0.29, 0.717) is 6.04 Å².